The monoisotopic (exact) mass is 488 g/mol. The molecule has 2 aromatic heterocycles. The van der Waals surface area contributed by atoms with Gasteiger partial charge in [0.25, 0.3) is 5.91 Å². The fourth-order valence-corrected chi connectivity index (χ4v) is 3.23. The van der Waals surface area contributed by atoms with E-state index in [0.29, 0.717) is 0 Å². The largest absolute Gasteiger partial charge is 0.446 e. The third-order valence-corrected chi connectivity index (χ3v) is 4.67. The Morgan fingerprint density at radius 1 is 1.34 bits per heavy atom. The molecule has 0 aliphatic carbocycles. The smallest absolute Gasteiger partial charge is 0.365 e. The van der Waals surface area contributed by atoms with Crippen LogP contribution in [0.25, 0.3) is 17.2 Å². The molecule has 14 heteroatoms. The summed E-state index contributed by atoms with van der Waals surface area (Å²) in [6.07, 6.45) is 2.66. The van der Waals surface area contributed by atoms with Gasteiger partial charge >= 0.3 is 5.76 Å². The van der Waals surface area contributed by atoms with Gasteiger partial charge in [0, 0.05) is 35.2 Å². The van der Waals surface area contributed by atoms with Crippen molar-refractivity contribution in [2.75, 3.05) is 24.4 Å². The van der Waals surface area contributed by atoms with Gasteiger partial charge in [-0.05, 0) is 44.4 Å². The van der Waals surface area contributed by atoms with E-state index in [-0.39, 0.29) is 40.5 Å². The Kier molecular flexibility index (Phi) is 5.93. The van der Waals surface area contributed by atoms with Gasteiger partial charge < -0.3 is 5.32 Å². The zero-order valence-electron chi connectivity index (χ0n) is 15.1. The van der Waals surface area contributed by atoms with Gasteiger partial charge in [0.15, 0.2) is 5.69 Å². The van der Waals surface area contributed by atoms with Gasteiger partial charge in [0.2, 0.25) is 11.6 Å². The second-order valence-corrected chi connectivity index (χ2v) is 9.41. The Morgan fingerprint density at radius 2 is 2.10 bits per heavy atom. The van der Waals surface area contributed by atoms with Gasteiger partial charge in [-0.25, -0.2) is 22.6 Å². The van der Waals surface area contributed by atoms with Crippen molar-refractivity contribution in [2.45, 2.75) is 6.42 Å². The predicted molar refractivity (Wildman–Crippen MR) is 104 cm³/mol. The van der Waals surface area contributed by atoms with Crippen LogP contribution in [0.2, 0.25) is 0 Å². The van der Waals surface area contributed by atoms with E-state index in [2.05, 4.69) is 41.1 Å². The summed E-state index contributed by atoms with van der Waals surface area (Å²) in [5, 5.41) is 13.9. The summed E-state index contributed by atoms with van der Waals surface area (Å²) in [5.74, 6) is -1.83. The van der Waals surface area contributed by atoms with Crippen LogP contribution in [0.3, 0.4) is 0 Å². The van der Waals surface area contributed by atoms with Crippen molar-refractivity contribution in [1.82, 2.24) is 20.0 Å². The number of aromatic nitrogens is 4. The molecule has 0 unspecified atom stereocenters. The zero-order chi connectivity index (χ0) is 21.2. The number of hydrogen-bond acceptors (Lipinski definition) is 9. The molecule has 1 N–H and O–H groups in total. The molecular weight excluding hydrogens is 475 g/mol. The SMILES string of the molecule is CS(C)(=O)=NC(=O)CCNc1nonc1-c1noc(=O)n1-c1ccc(F)c(Br)c1. The number of nitrogens with zero attached hydrogens (tertiary/aromatic N) is 5. The summed E-state index contributed by atoms with van der Waals surface area (Å²) in [7, 11) is -2.54. The lowest BCUT2D eigenvalue weighted by atomic mass is 10.3. The number of hydrogen-bond donors (Lipinski definition) is 1. The highest BCUT2D eigenvalue weighted by molar-refractivity contribution is 9.10. The molecule has 0 fully saturated rings. The molecule has 3 rings (SSSR count). The molecular formula is C15H14BrFN6O5S. The molecule has 0 spiro atoms. The van der Waals surface area contributed by atoms with Gasteiger partial charge in [-0.3, -0.25) is 9.32 Å². The van der Waals surface area contributed by atoms with Crippen molar-refractivity contribution >= 4 is 37.4 Å². The van der Waals surface area contributed by atoms with Crippen LogP contribution in [-0.4, -0.2) is 49.2 Å². The van der Waals surface area contributed by atoms with E-state index in [9.17, 15) is 18.2 Å². The van der Waals surface area contributed by atoms with Crippen molar-refractivity contribution in [2.24, 2.45) is 4.36 Å². The maximum Gasteiger partial charge on any atom is 0.446 e. The highest BCUT2D eigenvalue weighted by Gasteiger charge is 2.23. The first-order valence-electron chi connectivity index (χ1n) is 7.96. The maximum absolute atomic E-state index is 13.5. The van der Waals surface area contributed by atoms with E-state index < -0.39 is 27.2 Å². The molecule has 3 aromatic rings. The highest BCUT2D eigenvalue weighted by atomic mass is 79.9. The van der Waals surface area contributed by atoms with Crippen molar-refractivity contribution in [3.8, 4) is 17.2 Å². The summed E-state index contributed by atoms with van der Waals surface area (Å²) >= 11 is 3.05. The van der Waals surface area contributed by atoms with Crippen LogP contribution in [0.1, 0.15) is 6.42 Å². The zero-order valence-corrected chi connectivity index (χ0v) is 17.5. The van der Waals surface area contributed by atoms with Crippen LogP contribution in [-0.2, 0) is 14.5 Å². The Labute approximate surface area is 171 Å². The summed E-state index contributed by atoms with van der Waals surface area (Å²) in [6, 6.07) is 3.89. The average Bonchev–Trinajstić information content (AvgIpc) is 3.22. The molecule has 0 saturated carbocycles. The minimum absolute atomic E-state index is 0.0375. The van der Waals surface area contributed by atoms with Crippen LogP contribution >= 0.6 is 15.9 Å². The number of carbonyl (C=O) groups excluding carboxylic acids is 1. The topological polar surface area (TPSA) is 145 Å². The lowest BCUT2D eigenvalue weighted by Crippen LogP contribution is -2.14. The maximum atomic E-state index is 13.5. The van der Waals surface area contributed by atoms with Gasteiger partial charge in [0.05, 0.1) is 10.2 Å². The fourth-order valence-electron chi connectivity index (χ4n) is 2.28. The second-order valence-electron chi connectivity index (χ2n) is 6.01. The van der Waals surface area contributed by atoms with Gasteiger partial charge in [-0.15, -0.1) is 0 Å². The molecule has 0 aliphatic rings. The molecule has 11 nitrogen and oxygen atoms in total. The minimum atomic E-state index is -2.54. The molecule has 29 heavy (non-hydrogen) atoms. The normalized spacial score (nSPS) is 11.4. The minimum Gasteiger partial charge on any atom is -0.365 e. The Bertz CT molecular complexity index is 1230. The number of amides is 1. The molecule has 0 saturated heterocycles. The first-order chi connectivity index (χ1) is 13.7. The van der Waals surface area contributed by atoms with Crippen molar-refractivity contribution in [3.63, 3.8) is 0 Å². The van der Waals surface area contributed by atoms with Crippen LogP contribution in [0.4, 0.5) is 10.2 Å². The Morgan fingerprint density at radius 3 is 2.79 bits per heavy atom. The molecule has 1 amide bonds. The van der Waals surface area contributed by atoms with Crippen LogP contribution in [0.15, 0.2) is 41.0 Å². The standard InChI is InChI=1S/C15H14BrFN6O5S/c1-29(2,26)22-11(24)5-6-18-13-12(19-28-20-13)14-21-27-15(25)23(14)8-3-4-10(17)9(16)7-8/h3-4,7H,5-6H2,1-2H3,(H,18,20). The summed E-state index contributed by atoms with van der Waals surface area (Å²) in [5.41, 5.74) is 0.304. The molecule has 0 aliphatic heterocycles. The van der Waals surface area contributed by atoms with E-state index in [4.69, 9.17) is 9.15 Å². The number of anilines is 1. The van der Waals surface area contributed by atoms with E-state index in [0.717, 1.165) is 10.6 Å². The van der Waals surface area contributed by atoms with Gasteiger partial charge in [-0.1, -0.05) is 5.16 Å². The van der Waals surface area contributed by atoms with Gasteiger partial charge in [0.1, 0.15) is 5.82 Å². The van der Waals surface area contributed by atoms with Crippen LogP contribution < -0.4 is 11.1 Å². The summed E-state index contributed by atoms with van der Waals surface area (Å²) in [4.78, 5) is 23.8. The molecule has 0 radical (unpaired) electrons. The lowest BCUT2D eigenvalue weighted by molar-refractivity contribution is -0.117. The van der Waals surface area contributed by atoms with E-state index in [1.54, 1.807) is 0 Å². The van der Waals surface area contributed by atoms with E-state index in [1.807, 2.05) is 0 Å². The first kappa shape index (κ1) is 20.9. The van der Waals surface area contributed by atoms with Crippen molar-refractivity contribution < 1.29 is 22.5 Å². The predicted octanol–water partition coefficient (Wildman–Crippen LogP) is 1.83. The van der Waals surface area contributed by atoms with Crippen LogP contribution in [0, 0.1) is 5.82 Å². The van der Waals surface area contributed by atoms with Gasteiger partial charge in [-0.2, -0.15) is 4.36 Å². The molecule has 0 bridgehead atoms. The fraction of sp³-hybridized carbons (Fsp3) is 0.267. The molecule has 1 aromatic carbocycles. The lowest BCUT2D eigenvalue weighted by Gasteiger charge is -2.05. The highest BCUT2D eigenvalue weighted by Crippen LogP contribution is 2.26. The third kappa shape index (κ3) is 4.95. The summed E-state index contributed by atoms with van der Waals surface area (Å²) < 4.78 is 39.2. The molecule has 0 atom stereocenters. The molecule has 2 heterocycles. The summed E-state index contributed by atoms with van der Waals surface area (Å²) in [6.45, 7) is 0.0866. The first-order valence-corrected chi connectivity index (χ1v) is 11.1. The van der Waals surface area contributed by atoms with E-state index in [1.165, 1.54) is 24.6 Å². The number of rotatable bonds is 6. The second kappa shape index (κ2) is 8.24. The average molecular weight is 489 g/mol. The van der Waals surface area contributed by atoms with E-state index >= 15 is 0 Å². The Balaban J connectivity index is 1.86. The third-order valence-electron chi connectivity index (χ3n) is 3.42. The quantitative estimate of drug-likeness (QED) is 0.548. The van der Waals surface area contributed by atoms with Crippen molar-refractivity contribution in [3.05, 3.63) is 39.0 Å². The number of carbonyl (C=O) groups is 1. The number of benzene rings is 1. The Hall–Kier alpha value is -2.87. The molecule has 154 valence electrons. The van der Waals surface area contributed by atoms with Crippen LogP contribution in [0.5, 0.6) is 0 Å². The van der Waals surface area contributed by atoms with Crippen molar-refractivity contribution in [1.29, 1.82) is 0 Å². The number of nitrogens with one attached hydrogen (secondary N) is 1. The number of halogens is 2.